The van der Waals surface area contributed by atoms with Gasteiger partial charge in [0.1, 0.15) is 11.9 Å². The average Bonchev–Trinajstić information content (AvgIpc) is 1.89. The molecule has 11 heavy (non-hydrogen) atoms. The summed E-state index contributed by atoms with van der Waals surface area (Å²) in [5.41, 5.74) is 0. The van der Waals surface area contributed by atoms with Crippen molar-refractivity contribution in [3.63, 3.8) is 0 Å². The predicted molar refractivity (Wildman–Crippen MR) is 27.9 cm³/mol. The minimum Gasteiger partial charge on any atom is -0.542 e. The Labute approximate surface area is 65.0 Å². The minimum atomic E-state index is -1.68. The van der Waals surface area contributed by atoms with Crippen LogP contribution in [0, 0.1) is 0 Å². The number of carbonyl (C=O) groups excluding carboxylic acids is 4. The van der Waals surface area contributed by atoms with Crippen molar-refractivity contribution >= 4 is 34.6 Å². The molecule has 0 aromatic carbocycles. The monoisotopic (exact) mass is 155 g/mol. The molecule has 0 aromatic heterocycles. The summed E-state index contributed by atoms with van der Waals surface area (Å²) in [7, 11) is 0. The first-order chi connectivity index (χ1) is 4.54. The maximum Gasteiger partial charge on any atom is 2.00 e. The molecular formula is C4H2BeO6. The fraction of sp³-hybridized carbons (Fsp3) is 0. The van der Waals surface area contributed by atoms with E-state index >= 15 is 0 Å². The van der Waals surface area contributed by atoms with Crippen LogP contribution in [0.5, 0.6) is 0 Å². The van der Waals surface area contributed by atoms with Gasteiger partial charge < -0.3 is 19.8 Å². The van der Waals surface area contributed by atoms with E-state index in [9.17, 15) is 0 Å². The van der Waals surface area contributed by atoms with E-state index in [2.05, 4.69) is 0 Å². The molecule has 0 aliphatic rings. The van der Waals surface area contributed by atoms with Crippen molar-refractivity contribution in [2.24, 2.45) is 0 Å². The van der Waals surface area contributed by atoms with Crippen LogP contribution in [-0.4, -0.2) is 34.6 Å². The van der Waals surface area contributed by atoms with Crippen LogP contribution >= 0.6 is 0 Å². The van der Waals surface area contributed by atoms with Crippen molar-refractivity contribution in [2.45, 2.75) is 0 Å². The number of hydrogen-bond acceptors (Lipinski definition) is 6. The van der Waals surface area contributed by atoms with E-state index < -0.39 is 11.9 Å². The second-order valence-electron chi connectivity index (χ2n) is 0.874. The van der Waals surface area contributed by atoms with Crippen LogP contribution in [0.25, 0.3) is 0 Å². The van der Waals surface area contributed by atoms with Crippen molar-refractivity contribution in [1.29, 1.82) is 0 Å². The van der Waals surface area contributed by atoms with Gasteiger partial charge in [-0.3, -0.25) is 9.59 Å². The molecule has 0 amide bonds. The van der Waals surface area contributed by atoms with E-state index in [1.54, 1.807) is 0 Å². The molecule has 0 rings (SSSR count). The van der Waals surface area contributed by atoms with Gasteiger partial charge in [0.05, 0.1) is 0 Å². The van der Waals surface area contributed by atoms with Gasteiger partial charge in [-0.25, -0.2) is 0 Å². The molecule has 0 radical (unpaired) electrons. The molecule has 0 unspecified atom stereocenters. The largest absolute Gasteiger partial charge is 2.00 e. The van der Waals surface area contributed by atoms with Gasteiger partial charge in [0.15, 0.2) is 12.6 Å². The minimum absolute atomic E-state index is 0. The molecule has 0 heterocycles. The zero-order valence-electron chi connectivity index (χ0n) is 5.31. The molecule has 0 aromatic rings. The third-order valence-corrected chi connectivity index (χ3v) is 0.192. The van der Waals surface area contributed by atoms with Gasteiger partial charge >= 0.3 is 10.1 Å². The van der Waals surface area contributed by atoms with Crippen molar-refractivity contribution in [1.82, 2.24) is 0 Å². The molecule has 0 spiro atoms. The van der Waals surface area contributed by atoms with Gasteiger partial charge in [0, 0.05) is 0 Å². The van der Waals surface area contributed by atoms with Crippen LogP contribution in [0.3, 0.4) is 0 Å². The molecule has 56 valence electrons. The summed E-state index contributed by atoms with van der Waals surface area (Å²) in [6, 6.07) is 0. The summed E-state index contributed by atoms with van der Waals surface area (Å²) in [4.78, 5) is 35.5. The van der Waals surface area contributed by atoms with E-state index in [0.29, 0.717) is 0 Å². The van der Waals surface area contributed by atoms with E-state index in [-0.39, 0.29) is 22.7 Å². The number of aliphatic carboxylic acids is 2. The van der Waals surface area contributed by atoms with Gasteiger partial charge in [-0.2, -0.15) is 0 Å². The van der Waals surface area contributed by atoms with Crippen LogP contribution in [-0.2, 0) is 19.2 Å². The first-order valence-corrected chi connectivity index (χ1v) is 1.87. The summed E-state index contributed by atoms with van der Waals surface area (Å²) in [5.74, 6) is -3.35. The molecule has 7 heteroatoms. The number of carbonyl (C=O) groups is 4. The zero-order chi connectivity index (χ0) is 8.57. The summed E-state index contributed by atoms with van der Waals surface area (Å²) in [6.07, 6.45) is -0.556. The summed E-state index contributed by atoms with van der Waals surface area (Å²) >= 11 is 0. The van der Waals surface area contributed by atoms with Crippen LogP contribution in [0.15, 0.2) is 0 Å². The fourth-order valence-corrected chi connectivity index (χ4v) is 0. The third kappa shape index (κ3) is 58.6. The number of carboxylic acid groups (broad SMARTS) is 2. The maximum absolute atomic E-state index is 8.89. The molecule has 0 aliphatic carbocycles. The third-order valence-electron chi connectivity index (χ3n) is 0.192. The van der Waals surface area contributed by atoms with Crippen molar-refractivity contribution in [2.75, 3.05) is 0 Å². The Kier molecular flexibility index (Phi) is 16.6. The van der Waals surface area contributed by atoms with Gasteiger partial charge in [0.2, 0.25) is 0 Å². The van der Waals surface area contributed by atoms with Gasteiger partial charge in [-0.15, -0.1) is 0 Å². The molecule has 6 nitrogen and oxygen atoms in total. The summed E-state index contributed by atoms with van der Waals surface area (Å²) in [5, 5.41) is 17.8. The summed E-state index contributed by atoms with van der Waals surface area (Å²) < 4.78 is 0. The Morgan fingerprint density at radius 2 is 1.00 bits per heavy atom. The molecule has 0 N–H and O–H groups in total. The quantitative estimate of drug-likeness (QED) is 0.225. The van der Waals surface area contributed by atoms with Crippen LogP contribution in [0.2, 0.25) is 0 Å². The molecule has 0 bridgehead atoms. The number of rotatable bonds is 2. The smallest absolute Gasteiger partial charge is 0.542 e. The van der Waals surface area contributed by atoms with Crippen molar-refractivity contribution < 1.29 is 29.4 Å². The normalized spacial score (nSPS) is 5.82. The van der Waals surface area contributed by atoms with E-state index in [1.807, 2.05) is 0 Å². The first-order valence-electron chi connectivity index (χ1n) is 1.87. The molecule has 0 fully saturated rings. The second-order valence-corrected chi connectivity index (χ2v) is 0.874. The number of aldehydes is 2. The predicted octanol–water partition coefficient (Wildman–Crippen LogP) is -4.51. The van der Waals surface area contributed by atoms with Crippen molar-refractivity contribution in [3.8, 4) is 0 Å². The van der Waals surface area contributed by atoms with Crippen LogP contribution in [0.4, 0.5) is 0 Å². The van der Waals surface area contributed by atoms with E-state index in [4.69, 9.17) is 29.4 Å². The molecular weight excluding hydrogens is 153 g/mol. The second kappa shape index (κ2) is 11.3. The fourth-order valence-electron chi connectivity index (χ4n) is 0. The molecule has 0 aliphatic heterocycles. The average molecular weight is 155 g/mol. The van der Waals surface area contributed by atoms with Gasteiger partial charge in [0.25, 0.3) is 0 Å². The van der Waals surface area contributed by atoms with Crippen LogP contribution < -0.4 is 10.2 Å². The standard InChI is InChI=1S/2C2H2O3.Be/c2*3-1-2(4)5;/h2*1H,(H,4,5);/q;;+2/p-2. The van der Waals surface area contributed by atoms with Gasteiger partial charge in [-0.05, 0) is 0 Å². The summed E-state index contributed by atoms with van der Waals surface area (Å²) in [6.45, 7) is 0. The van der Waals surface area contributed by atoms with Crippen molar-refractivity contribution in [3.05, 3.63) is 0 Å². The molecule has 0 atom stereocenters. The zero-order valence-corrected chi connectivity index (χ0v) is 5.31. The number of carboxylic acids is 2. The molecule has 0 saturated heterocycles. The van der Waals surface area contributed by atoms with E-state index in [0.717, 1.165) is 0 Å². The SMILES string of the molecule is O=CC(=O)[O-].O=CC(=O)[O-].[Be+2]. The first kappa shape index (κ1) is 16.2. The Bertz CT molecular complexity index is 135. The number of hydrogen-bond donors (Lipinski definition) is 0. The topological polar surface area (TPSA) is 114 Å². The maximum atomic E-state index is 8.89. The van der Waals surface area contributed by atoms with E-state index in [1.165, 1.54) is 0 Å². The Morgan fingerprint density at radius 3 is 1.00 bits per heavy atom. The molecule has 0 saturated carbocycles. The van der Waals surface area contributed by atoms with Gasteiger partial charge in [-0.1, -0.05) is 0 Å². The Balaban J connectivity index is -0.000000107. The van der Waals surface area contributed by atoms with Crippen LogP contribution in [0.1, 0.15) is 0 Å². The Morgan fingerprint density at radius 1 is 0.909 bits per heavy atom. The Hall–Kier alpha value is -1.55.